The van der Waals surface area contributed by atoms with Crippen LogP contribution in [0.1, 0.15) is 5.69 Å². The molecule has 1 aromatic carbocycles. The van der Waals surface area contributed by atoms with Crippen LogP contribution in [0.25, 0.3) is 0 Å². The van der Waals surface area contributed by atoms with Gasteiger partial charge in [-0.15, -0.1) is 0 Å². The summed E-state index contributed by atoms with van der Waals surface area (Å²) in [7, 11) is 0. The van der Waals surface area contributed by atoms with Crippen LogP contribution in [0, 0.1) is 0 Å². The van der Waals surface area contributed by atoms with Crippen LogP contribution in [0.4, 0.5) is 11.4 Å². The zero-order valence-corrected chi connectivity index (χ0v) is 9.77. The number of fused-ring (bicyclic) bond motifs is 1. The molecule has 1 aliphatic heterocycles. The van der Waals surface area contributed by atoms with Gasteiger partial charge in [0.15, 0.2) is 11.5 Å². The molecule has 0 aliphatic carbocycles. The number of nitrogens with two attached hydrogens (primary N) is 1. The van der Waals surface area contributed by atoms with Crippen molar-refractivity contribution in [3.8, 4) is 11.5 Å². The number of hydrogen-bond donors (Lipinski definition) is 3. The minimum atomic E-state index is 0.563. The lowest BCUT2D eigenvalue weighted by Gasteiger charge is -2.20. The van der Waals surface area contributed by atoms with E-state index in [9.17, 15) is 0 Å². The van der Waals surface area contributed by atoms with E-state index in [4.69, 9.17) is 15.2 Å². The Hall–Kier alpha value is -2.37. The summed E-state index contributed by atoms with van der Waals surface area (Å²) in [6.07, 6.45) is 3.41. The van der Waals surface area contributed by atoms with Crippen molar-refractivity contribution >= 4 is 11.4 Å². The Kier molecular flexibility index (Phi) is 2.68. The quantitative estimate of drug-likeness (QED) is 0.712. The van der Waals surface area contributed by atoms with Crippen LogP contribution in [-0.4, -0.2) is 23.2 Å². The van der Waals surface area contributed by atoms with Crippen LogP contribution in [0.15, 0.2) is 24.7 Å². The van der Waals surface area contributed by atoms with Gasteiger partial charge in [-0.1, -0.05) is 0 Å². The molecule has 0 bridgehead atoms. The first kappa shape index (κ1) is 10.8. The summed E-state index contributed by atoms with van der Waals surface area (Å²) >= 11 is 0. The van der Waals surface area contributed by atoms with Crippen LogP contribution in [0.2, 0.25) is 0 Å². The van der Waals surface area contributed by atoms with Crippen molar-refractivity contribution in [1.29, 1.82) is 0 Å². The standard InChI is InChI=1S/C12H14N4O2/c13-9-3-11-12(18-2-1-17-11)4-10(9)15-6-8-5-14-7-16-8/h3-5,7,15H,1-2,6,13H2,(H,14,16). The van der Waals surface area contributed by atoms with E-state index in [1.165, 1.54) is 0 Å². The number of benzene rings is 1. The van der Waals surface area contributed by atoms with E-state index in [2.05, 4.69) is 15.3 Å². The molecule has 6 nitrogen and oxygen atoms in total. The minimum absolute atomic E-state index is 0.563. The normalized spacial score (nSPS) is 13.3. The maximum atomic E-state index is 5.96. The zero-order valence-electron chi connectivity index (χ0n) is 9.77. The summed E-state index contributed by atoms with van der Waals surface area (Å²) in [5.74, 6) is 1.42. The van der Waals surface area contributed by atoms with Crippen molar-refractivity contribution in [2.45, 2.75) is 6.54 Å². The van der Waals surface area contributed by atoms with Gasteiger partial charge in [0.05, 0.1) is 29.9 Å². The fraction of sp³-hybridized carbons (Fsp3) is 0.250. The highest BCUT2D eigenvalue weighted by atomic mass is 16.6. The molecule has 0 amide bonds. The van der Waals surface area contributed by atoms with Gasteiger partial charge < -0.3 is 25.5 Å². The molecule has 1 aromatic heterocycles. The summed E-state index contributed by atoms with van der Waals surface area (Å²) in [4.78, 5) is 6.97. The van der Waals surface area contributed by atoms with Crippen LogP contribution in [0.3, 0.4) is 0 Å². The molecular weight excluding hydrogens is 232 g/mol. The highest BCUT2D eigenvalue weighted by molar-refractivity contribution is 5.72. The second-order valence-electron chi connectivity index (χ2n) is 4.01. The predicted octanol–water partition coefficient (Wildman–Crippen LogP) is 1.38. The molecule has 0 radical (unpaired) electrons. The molecule has 94 valence electrons. The first-order chi connectivity index (χ1) is 8.83. The van der Waals surface area contributed by atoms with Gasteiger partial charge in [-0.2, -0.15) is 0 Å². The lowest BCUT2D eigenvalue weighted by Crippen LogP contribution is -2.16. The Balaban J connectivity index is 1.79. The number of imidazole rings is 1. The number of nitrogens with zero attached hydrogens (tertiary/aromatic N) is 1. The van der Waals surface area contributed by atoms with Crippen molar-refractivity contribution in [3.63, 3.8) is 0 Å². The highest BCUT2D eigenvalue weighted by Gasteiger charge is 2.14. The molecule has 3 rings (SSSR count). The molecule has 0 saturated carbocycles. The van der Waals surface area contributed by atoms with E-state index >= 15 is 0 Å². The van der Waals surface area contributed by atoms with Gasteiger partial charge in [-0.3, -0.25) is 0 Å². The summed E-state index contributed by atoms with van der Waals surface area (Å²) in [6, 6.07) is 3.64. The van der Waals surface area contributed by atoms with Crippen LogP contribution < -0.4 is 20.5 Å². The molecule has 4 N–H and O–H groups in total. The van der Waals surface area contributed by atoms with Gasteiger partial charge in [0, 0.05) is 18.3 Å². The second-order valence-corrected chi connectivity index (χ2v) is 4.01. The predicted molar refractivity (Wildman–Crippen MR) is 67.8 cm³/mol. The fourth-order valence-corrected chi connectivity index (χ4v) is 1.83. The maximum absolute atomic E-state index is 5.96. The molecule has 1 aliphatic rings. The summed E-state index contributed by atoms with van der Waals surface area (Å²) < 4.78 is 11.0. The minimum Gasteiger partial charge on any atom is -0.486 e. The smallest absolute Gasteiger partial charge is 0.163 e. The first-order valence-electron chi connectivity index (χ1n) is 5.73. The van der Waals surface area contributed by atoms with Crippen molar-refractivity contribution < 1.29 is 9.47 Å². The fourth-order valence-electron chi connectivity index (χ4n) is 1.83. The molecule has 2 heterocycles. The molecule has 6 heteroatoms. The zero-order chi connectivity index (χ0) is 12.4. The Bertz CT molecular complexity index is 539. The molecule has 2 aromatic rings. The Morgan fingerprint density at radius 3 is 2.78 bits per heavy atom. The molecular formula is C12H14N4O2. The van der Waals surface area contributed by atoms with E-state index < -0.39 is 0 Å². The highest BCUT2D eigenvalue weighted by Crippen LogP contribution is 2.36. The van der Waals surface area contributed by atoms with E-state index in [-0.39, 0.29) is 0 Å². The van der Waals surface area contributed by atoms with Crippen LogP contribution in [-0.2, 0) is 6.54 Å². The third kappa shape index (κ3) is 2.04. The van der Waals surface area contributed by atoms with Gasteiger partial charge in [-0.25, -0.2) is 4.98 Å². The van der Waals surface area contributed by atoms with E-state index in [0.29, 0.717) is 31.2 Å². The maximum Gasteiger partial charge on any atom is 0.163 e. The molecule has 0 spiro atoms. The summed E-state index contributed by atoms with van der Waals surface area (Å²) in [5, 5.41) is 3.23. The van der Waals surface area contributed by atoms with Gasteiger partial charge in [0.25, 0.3) is 0 Å². The van der Waals surface area contributed by atoms with Gasteiger partial charge in [0.1, 0.15) is 13.2 Å². The van der Waals surface area contributed by atoms with Crippen LogP contribution in [0.5, 0.6) is 11.5 Å². The lowest BCUT2D eigenvalue weighted by molar-refractivity contribution is 0.172. The number of rotatable bonds is 3. The topological polar surface area (TPSA) is 85.2 Å². The van der Waals surface area contributed by atoms with Crippen molar-refractivity contribution in [2.24, 2.45) is 0 Å². The summed E-state index contributed by atoms with van der Waals surface area (Å²) in [5.41, 5.74) is 8.42. The number of H-pyrrole nitrogens is 1. The summed E-state index contributed by atoms with van der Waals surface area (Å²) in [6.45, 7) is 1.76. The molecule has 0 unspecified atom stereocenters. The average molecular weight is 246 g/mol. The number of nitrogens with one attached hydrogen (secondary N) is 2. The number of aromatic nitrogens is 2. The number of aromatic amines is 1. The van der Waals surface area contributed by atoms with Crippen molar-refractivity contribution in [2.75, 3.05) is 24.3 Å². The Morgan fingerprint density at radius 2 is 2.06 bits per heavy atom. The van der Waals surface area contributed by atoms with Crippen molar-refractivity contribution in [3.05, 3.63) is 30.4 Å². The largest absolute Gasteiger partial charge is 0.486 e. The Labute approximate surface area is 104 Å². The first-order valence-corrected chi connectivity index (χ1v) is 5.73. The lowest BCUT2D eigenvalue weighted by atomic mass is 10.2. The SMILES string of the molecule is Nc1cc2c(cc1NCc1cnc[nH]1)OCCO2. The van der Waals surface area contributed by atoms with E-state index in [1.807, 2.05) is 6.07 Å². The van der Waals surface area contributed by atoms with Crippen molar-refractivity contribution in [1.82, 2.24) is 9.97 Å². The number of anilines is 2. The number of ether oxygens (including phenoxy) is 2. The monoisotopic (exact) mass is 246 g/mol. The van der Waals surface area contributed by atoms with E-state index in [0.717, 1.165) is 17.1 Å². The Morgan fingerprint density at radius 1 is 1.28 bits per heavy atom. The molecule has 0 saturated heterocycles. The second kappa shape index (κ2) is 4.48. The third-order valence-electron chi connectivity index (χ3n) is 2.74. The third-order valence-corrected chi connectivity index (χ3v) is 2.74. The van der Waals surface area contributed by atoms with Crippen LogP contribution >= 0.6 is 0 Å². The molecule has 0 fully saturated rings. The average Bonchev–Trinajstić information content (AvgIpc) is 2.89. The van der Waals surface area contributed by atoms with Gasteiger partial charge in [-0.05, 0) is 0 Å². The molecule has 18 heavy (non-hydrogen) atoms. The number of hydrogen-bond acceptors (Lipinski definition) is 5. The molecule has 0 atom stereocenters. The number of nitrogen functional groups attached to an aromatic ring is 1. The van der Waals surface area contributed by atoms with Gasteiger partial charge >= 0.3 is 0 Å². The van der Waals surface area contributed by atoms with Gasteiger partial charge in [0.2, 0.25) is 0 Å². The van der Waals surface area contributed by atoms with E-state index in [1.54, 1.807) is 18.6 Å².